The summed E-state index contributed by atoms with van der Waals surface area (Å²) in [6.07, 6.45) is 8.61. The van der Waals surface area contributed by atoms with E-state index in [0.29, 0.717) is 5.56 Å². The van der Waals surface area contributed by atoms with Gasteiger partial charge in [0.15, 0.2) is 0 Å². The van der Waals surface area contributed by atoms with Crippen molar-refractivity contribution in [3.05, 3.63) is 198 Å². The van der Waals surface area contributed by atoms with Gasteiger partial charge < -0.3 is 9.13 Å². The quantitative estimate of drug-likeness (QED) is 0.165. The van der Waals surface area contributed by atoms with Crippen LogP contribution in [-0.2, 0) is 0 Å². The predicted molar refractivity (Wildman–Crippen MR) is 223 cm³/mol. The molecule has 0 unspecified atom stereocenters. The van der Waals surface area contributed by atoms with Gasteiger partial charge in [-0.1, -0.05) is 133 Å². The monoisotopic (exact) mass is 677 g/mol. The number of allylic oxidation sites excluding steroid dienone is 1. The van der Waals surface area contributed by atoms with Crippen molar-refractivity contribution in [2.75, 3.05) is 0 Å². The van der Waals surface area contributed by atoms with Gasteiger partial charge in [0.1, 0.15) is 0 Å². The Morgan fingerprint density at radius 3 is 1.75 bits per heavy atom. The molecule has 250 valence electrons. The number of nitriles is 1. The summed E-state index contributed by atoms with van der Waals surface area (Å²) >= 11 is 0. The standard InChI is InChI=1S/C50H35N3/c1-2-11-47-45(43-16-6-8-18-48(43)53(47)42-15-10-12-36(32-42)34-51)30-22-35-20-23-37(24-21-35)38-25-27-39(28-26-38)40-29-31-50-46(33-40)44-17-7-9-19-49(44)52(50)41-13-4-3-5-14-41/h2-33H,1H3/b11-2-,30-22+. The van der Waals surface area contributed by atoms with E-state index in [0.717, 1.165) is 33.4 Å². The number of nitrogens with zero attached hydrogens (tertiary/aromatic N) is 3. The van der Waals surface area contributed by atoms with Gasteiger partial charge in [0, 0.05) is 33.1 Å². The molecule has 0 saturated heterocycles. The summed E-state index contributed by atoms with van der Waals surface area (Å²) in [4.78, 5) is 0. The molecule has 0 radical (unpaired) electrons. The van der Waals surface area contributed by atoms with Gasteiger partial charge in [0.25, 0.3) is 0 Å². The molecule has 7 aromatic carbocycles. The van der Waals surface area contributed by atoms with E-state index in [1.165, 1.54) is 49.7 Å². The van der Waals surface area contributed by atoms with Crippen molar-refractivity contribution in [2.45, 2.75) is 6.92 Å². The molecule has 0 bridgehead atoms. The van der Waals surface area contributed by atoms with Gasteiger partial charge in [-0.3, -0.25) is 0 Å². The van der Waals surface area contributed by atoms with Crippen LogP contribution in [0.5, 0.6) is 0 Å². The Balaban J connectivity index is 1.00. The fourth-order valence-electron chi connectivity index (χ4n) is 7.60. The highest BCUT2D eigenvalue weighted by molar-refractivity contribution is 6.10. The van der Waals surface area contributed by atoms with Gasteiger partial charge in [-0.15, -0.1) is 0 Å². The maximum atomic E-state index is 9.57. The molecule has 0 fully saturated rings. The van der Waals surface area contributed by atoms with Crippen LogP contribution in [0.4, 0.5) is 0 Å². The lowest BCUT2D eigenvalue weighted by Gasteiger charge is -2.09. The summed E-state index contributed by atoms with van der Waals surface area (Å²) in [5.41, 5.74) is 14.4. The van der Waals surface area contributed by atoms with Crippen LogP contribution in [0.2, 0.25) is 0 Å². The minimum absolute atomic E-state index is 0.642. The molecule has 2 heterocycles. The third-order valence-electron chi connectivity index (χ3n) is 10.1. The first kappa shape index (κ1) is 31.8. The first-order valence-electron chi connectivity index (χ1n) is 17.9. The minimum Gasteiger partial charge on any atom is -0.309 e. The average molecular weight is 678 g/mol. The third kappa shape index (κ3) is 5.73. The number of hydrogen-bond acceptors (Lipinski definition) is 1. The molecule has 9 aromatic rings. The van der Waals surface area contributed by atoms with Crippen LogP contribution < -0.4 is 0 Å². The lowest BCUT2D eigenvalue weighted by molar-refractivity contribution is 1.10. The molecular weight excluding hydrogens is 643 g/mol. The zero-order valence-electron chi connectivity index (χ0n) is 29.3. The number of benzene rings is 7. The second-order valence-corrected chi connectivity index (χ2v) is 13.3. The SMILES string of the molecule is C/C=C\c1c(/C=C/c2ccc(-c3ccc(-c4ccc5c(c4)c4ccccc4n5-c4ccccc4)cc3)cc2)c2ccccc2n1-c1cccc(C#N)c1. The van der Waals surface area contributed by atoms with Crippen LogP contribution in [0.15, 0.2) is 176 Å². The van der Waals surface area contributed by atoms with E-state index in [1.807, 2.05) is 25.1 Å². The van der Waals surface area contributed by atoms with Crippen LogP contribution in [0.25, 0.3) is 84.6 Å². The second kappa shape index (κ2) is 13.5. The Morgan fingerprint density at radius 1 is 0.453 bits per heavy atom. The smallest absolute Gasteiger partial charge is 0.0992 e. The lowest BCUT2D eigenvalue weighted by Crippen LogP contribution is -1.97. The molecule has 0 N–H and O–H groups in total. The molecule has 0 spiro atoms. The van der Waals surface area contributed by atoms with Crippen LogP contribution in [-0.4, -0.2) is 9.13 Å². The molecule has 9 rings (SSSR count). The highest BCUT2D eigenvalue weighted by atomic mass is 15.0. The molecule has 0 aliphatic heterocycles. The Bertz CT molecular complexity index is 2880. The Labute approximate surface area is 309 Å². The third-order valence-corrected chi connectivity index (χ3v) is 10.1. The van der Waals surface area contributed by atoms with E-state index in [9.17, 15) is 5.26 Å². The Morgan fingerprint density at radius 2 is 1.04 bits per heavy atom. The van der Waals surface area contributed by atoms with Crippen molar-refractivity contribution in [1.29, 1.82) is 5.26 Å². The molecule has 0 amide bonds. The van der Waals surface area contributed by atoms with Gasteiger partial charge in [-0.2, -0.15) is 5.26 Å². The summed E-state index contributed by atoms with van der Waals surface area (Å²) in [7, 11) is 0. The topological polar surface area (TPSA) is 33.6 Å². The molecule has 0 aliphatic rings. The molecule has 3 nitrogen and oxygen atoms in total. The highest BCUT2D eigenvalue weighted by Gasteiger charge is 2.16. The number of aromatic nitrogens is 2. The van der Waals surface area contributed by atoms with Crippen molar-refractivity contribution in [1.82, 2.24) is 9.13 Å². The van der Waals surface area contributed by atoms with E-state index >= 15 is 0 Å². The fraction of sp³-hybridized carbons (Fsp3) is 0.0200. The summed E-state index contributed by atoms with van der Waals surface area (Å²) in [5, 5.41) is 13.2. The number of hydrogen-bond donors (Lipinski definition) is 0. The van der Waals surface area contributed by atoms with Gasteiger partial charge >= 0.3 is 0 Å². The summed E-state index contributed by atoms with van der Waals surface area (Å²) in [6, 6.07) is 62.3. The number of rotatable bonds is 7. The Kier molecular flexibility index (Phi) is 8.12. The molecular formula is C50H35N3. The van der Waals surface area contributed by atoms with Gasteiger partial charge in [-0.05, 0) is 95.4 Å². The average Bonchev–Trinajstić information content (AvgIpc) is 3.72. The van der Waals surface area contributed by atoms with Crippen LogP contribution in [0, 0.1) is 11.3 Å². The number of para-hydroxylation sites is 3. The van der Waals surface area contributed by atoms with Crippen LogP contribution >= 0.6 is 0 Å². The van der Waals surface area contributed by atoms with Crippen molar-refractivity contribution >= 4 is 50.9 Å². The predicted octanol–water partition coefficient (Wildman–Crippen LogP) is 13.1. The largest absolute Gasteiger partial charge is 0.309 e. The molecule has 2 aromatic heterocycles. The maximum absolute atomic E-state index is 9.57. The molecule has 0 atom stereocenters. The summed E-state index contributed by atoms with van der Waals surface area (Å²) in [6.45, 7) is 2.04. The van der Waals surface area contributed by atoms with E-state index in [2.05, 4.69) is 191 Å². The molecule has 0 aliphatic carbocycles. The normalized spacial score (nSPS) is 11.7. The Hall–Kier alpha value is -7.15. The second-order valence-electron chi connectivity index (χ2n) is 13.3. The van der Waals surface area contributed by atoms with Crippen LogP contribution in [0.1, 0.15) is 29.3 Å². The first-order valence-corrected chi connectivity index (χ1v) is 17.9. The zero-order chi connectivity index (χ0) is 35.7. The van der Waals surface area contributed by atoms with Gasteiger partial charge in [0.05, 0.1) is 33.9 Å². The zero-order valence-corrected chi connectivity index (χ0v) is 29.3. The van der Waals surface area contributed by atoms with Crippen molar-refractivity contribution in [3.8, 4) is 39.7 Å². The summed E-state index contributed by atoms with van der Waals surface area (Å²) < 4.78 is 4.59. The van der Waals surface area contributed by atoms with Crippen molar-refractivity contribution in [2.24, 2.45) is 0 Å². The number of fused-ring (bicyclic) bond motifs is 4. The van der Waals surface area contributed by atoms with Crippen molar-refractivity contribution in [3.63, 3.8) is 0 Å². The molecule has 53 heavy (non-hydrogen) atoms. The first-order chi connectivity index (χ1) is 26.2. The van der Waals surface area contributed by atoms with Crippen molar-refractivity contribution < 1.29 is 0 Å². The van der Waals surface area contributed by atoms with E-state index in [-0.39, 0.29) is 0 Å². The maximum Gasteiger partial charge on any atom is 0.0992 e. The molecule has 3 heteroatoms. The lowest BCUT2D eigenvalue weighted by atomic mass is 9.98. The minimum atomic E-state index is 0.642. The highest BCUT2D eigenvalue weighted by Crippen LogP contribution is 2.36. The fourth-order valence-corrected chi connectivity index (χ4v) is 7.60. The van der Waals surface area contributed by atoms with E-state index in [4.69, 9.17) is 0 Å². The molecule has 0 saturated carbocycles. The summed E-state index contributed by atoms with van der Waals surface area (Å²) in [5.74, 6) is 0. The van der Waals surface area contributed by atoms with Gasteiger partial charge in [0.2, 0.25) is 0 Å². The van der Waals surface area contributed by atoms with E-state index < -0.39 is 0 Å². The van der Waals surface area contributed by atoms with Crippen LogP contribution in [0.3, 0.4) is 0 Å². The van der Waals surface area contributed by atoms with Gasteiger partial charge in [-0.25, -0.2) is 0 Å². The van der Waals surface area contributed by atoms with E-state index in [1.54, 1.807) is 0 Å².